The van der Waals surface area contributed by atoms with Crippen LogP contribution in [0.5, 0.6) is 11.5 Å². The van der Waals surface area contributed by atoms with Gasteiger partial charge in [0, 0.05) is 29.0 Å². The van der Waals surface area contributed by atoms with Gasteiger partial charge >= 0.3 is 0 Å². The van der Waals surface area contributed by atoms with E-state index in [9.17, 15) is 4.79 Å². The van der Waals surface area contributed by atoms with Crippen LogP contribution < -0.4 is 14.8 Å². The molecule has 1 aromatic carbocycles. The van der Waals surface area contributed by atoms with Crippen molar-refractivity contribution < 1.29 is 14.3 Å². The third kappa shape index (κ3) is 3.62. The van der Waals surface area contributed by atoms with Gasteiger partial charge in [-0.05, 0) is 49.9 Å². The number of fused-ring (bicyclic) bond motifs is 1. The molecule has 0 bridgehead atoms. The van der Waals surface area contributed by atoms with Crippen LogP contribution in [0, 0.1) is 6.92 Å². The Morgan fingerprint density at radius 2 is 2.33 bits per heavy atom. The summed E-state index contributed by atoms with van der Waals surface area (Å²) in [5.74, 6) is 1.32. The highest BCUT2D eigenvalue weighted by Crippen LogP contribution is 2.38. The monoisotopic (exact) mass is 343 g/mol. The Balaban J connectivity index is 1.78. The summed E-state index contributed by atoms with van der Waals surface area (Å²) in [7, 11) is 0. The fourth-order valence-corrected chi connectivity index (χ4v) is 3.51. The van der Waals surface area contributed by atoms with E-state index in [1.54, 1.807) is 17.4 Å². The minimum atomic E-state index is -0.185. The number of thiophene rings is 1. The van der Waals surface area contributed by atoms with Gasteiger partial charge in [0.15, 0.2) is 0 Å². The molecule has 5 heteroatoms. The molecule has 1 amide bonds. The molecule has 0 spiro atoms. The Morgan fingerprint density at radius 3 is 3.04 bits per heavy atom. The number of ether oxygens (including phenoxy) is 2. The standard InChI is InChI=1S/C19H21NO3S/c1-4-22-17-10-14-9-13(3)23-16(14)11-15(17)20-19(21)6-5-18-12(2)7-8-24-18/h5-8,10-11,13H,4,9H2,1-3H3,(H,20,21)/b6-5+. The van der Waals surface area contributed by atoms with Crippen LogP contribution in [0.4, 0.5) is 5.69 Å². The lowest BCUT2D eigenvalue weighted by atomic mass is 10.1. The Bertz CT molecular complexity index is 779. The van der Waals surface area contributed by atoms with Crippen molar-refractivity contribution in [3.63, 3.8) is 0 Å². The zero-order chi connectivity index (χ0) is 17.1. The highest BCUT2D eigenvalue weighted by atomic mass is 32.1. The van der Waals surface area contributed by atoms with E-state index in [0.29, 0.717) is 18.0 Å². The molecule has 0 saturated heterocycles. The molecular formula is C19H21NO3S. The summed E-state index contributed by atoms with van der Waals surface area (Å²) in [4.78, 5) is 13.3. The average Bonchev–Trinajstić information content (AvgIpc) is 3.10. The summed E-state index contributed by atoms with van der Waals surface area (Å²) in [5.41, 5.74) is 2.93. The van der Waals surface area contributed by atoms with Crippen molar-refractivity contribution in [2.24, 2.45) is 0 Å². The van der Waals surface area contributed by atoms with Crippen LogP contribution >= 0.6 is 11.3 Å². The molecule has 0 radical (unpaired) electrons. The molecular weight excluding hydrogens is 322 g/mol. The van der Waals surface area contributed by atoms with Crippen LogP contribution in [0.15, 0.2) is 29.7 Å². The second-order valence-corrected chi connectivity index (χ2v) is 6.76. The van der Waals surface area contributed by atoms with Gasteiger partial charge in [-0.15, -0.1) is 11.3 Å². The first-order valence-corrected chi connectivity index (χ1v) is 8.94. The number of amides is 1. The Kier molecular flexibility index (Phi) is 4.90. The van der Waals surface area contributed by atoms with Gasteiger partial charge < -0.3 is 14.8 Å². The molecule has 24 heavy (non-hydrogen) atoms. The van der Waals surface area contributed by atoms with E-state index >= 15 is 0 Å². The Labute approximate surface area is 146 Å². The molecule has 1 N–H and O–H groups in total. The summed E-state index contributed by atoms with van der Waals surface area (Å²) >= 11 is 1.61. The van der Waals surface area contributed by atoms with Crippen molar-refractivity contribution in [2.45, 2.75) is 33.3 Å². The normalized spacial score (nSPS) is 16.0. The number of benzene rings is 1. The summed E-state index contributed by atoms with van der Waals surface area (Å²) in [6, 6.07) is 5.85. The van der Waals surface area contributed by atoms with Gasteiger partial charge in [0.1, 0.15) is 17.6 Å². The molecule has 2 aromatic rings. The van der Waals surface area contributed by atoms with Crippen molar-refractivity contribution in [1.82, 2.24) is 0 Å². The van der Waals surface area contributed by atoms with Crippen molar-refractivity contribution in [2.75, 3.05) is 11.9 Å². The number of aryl methyl sites for hydroxylation is 1. The van der Waals surface area contributed by atoms with Crippen LogP contribution in [0.25, 0.3) is 6.08 Å². The summed E-state index contributed by atoms with van der Waals surface area (Å²) in [5, 5.41) is 4.91. The number of hydrogen-bond acceptors (Lipinski definition) is 4. The molecule has 4 nitrogen and oxygen atoms in total. The topological polar surface area (TPSA) is 47.6 Å². The molecule has 3 rings (SSSR count). The van der Waals surface area contributed by atoms with Crippen LogP contribution in [0.3, 0.4) is 0 Å². The largest absolute Gasteiger partial charge is 0.492 e. The second-order valence-electron chi connectivity index (χ2n) is 5.81. The molecule has 1 aliphatic heterocycles. The summed E-state index contributed by atoms with van der Waals surface area (Å²) < 4.78 is 11.4. The molecule has 2 heterocycles. The van der Waals surface area contributed by atoms with Crippen molar-refractivity contribution in [3.8, 4) is 11.5 Å². The third-order valence-corrected chi connectivity index (χ3v) is 4.83. The van der Waals surface area contributed by atoms with Gasteiger partial charge in [-0.1, -0.05) is 0 Å². The van der Waals surface area contributed by atoms with Gasteiger partial charge in [-0.2, -0.15) is 0 Å². The molecule has 0 fully saturated rings. The maximum Gasteiger partial charge on any atom is 0.248 e. The van der Waals surface area contributed by atoms with E-state index in [1.165, 1.54) is 5.56 Å². The zero-order valence-electron chi connectivity index (χ0n) is 14.1. The highest BCUT2D eigenvalue weighted by molar-refractivity contribution is 7.11. The zero-order valence-corrected chi connectivity index (χ0v) is 14.9. The van der Waals surface area contributed by atoms with E-state index in [4.69, 9.17) is 9.47 Å². The lowest BCUT2D eigenvalue weighted by molar-refractivity contribution is -0.111. The van der Waals surface area contributed by atoms with Gasteiger partial charge in [-0.25, -0.2) is 0 Å². The predicted octanol–water partition coefficient (Wildman–Crippen LogP) is 4.43. The van der Waals surface area contributed by atoms with E-state index in [-0.39, 0.29) is 12.0 Å². The van der Waals surface area contributed by atoms with E-state index < -0.39 is 0 Å². The first-order valence-electron chi connectivity index (χ1n) is 8.06. The second kappa shape index (κ2) is 7.09. The first-order chi connectivity index (χ1) is 11.6. The molecule has 1 atom stereocenters. The number of carbonyl (C=O) groups is 1. The van der Waals surface area contributed by atoms with E-state index in [0.717, 1.165) is 22.6 Å². The third-order valence-electron chi connectivity index (χ3n) is 3.84. The van der Waals surface area contributed by atoms with Crippen molar-refractivity contribution >= 4 is 29.0 Å². The number of rotatable bonds is 5. The molecule has 126 valence electrons. The summed E-state index contributed by atoms with van der Waals surface area (Å²) in [6.45, 7) is 6.53. The number of anilines is 1. The maximum atomic E-state index is 12.3. The predicted molar refractivity (Wildman–Crippen MR) is 98.1 cm³/mol. The summed E-state index contributed by atoms with van der Waals surface area (Å²) in [6.07, 6.45) is 4.40. The van der Waals surface area contributed by atoms with Gasteiger partial charge in [-0.3, -0.25) is 4.79 Å². The van der Waals surface area contributed by atoms with Gasteiger partial charge in [0.25, 0.3) is 0 Å². The smallest absolute Gasteiger partial charge is 0.248 e. The minimum Gasteiger partial charge on any atom is -0.492 e. The van der Waals surface area contributed by atoms with Crippen molar-refractivity contribution in [1.29, 1.82) is 0 Å². The lowest BCUT2D eigenvalue weighted by Gasteiger charge is -2.12. The number of nitrogens with one attached hydrogen (secondary N) is 1. The molecule has 1 aliphatic rings. The average molecular weight is 343 g/mol. The Hall–Kier alpha value is -2.27. The van der Waals surface area contributed by atoms with Crippen LogP contribution in [0.1, 0.15) is 29.9 Å². The highest BCUT2D eigenvalue weighted by Gasteiger charge is 2.22. The SMILES string of the molecule is CCOc1cc2c(cc1NC(=O)/C=C/c1sccc1C)OC(C)C2. The van der Waals surface area contributed by atoms with E-state index in [2.05, 4.69) is 5.32 Å². The molecule has 0 saturated carbocycles. The van der Waals surface area contributed by atoms with Crippen LogP contribution in [-0.2, 0) is 11.2 Å². The van der Waals surface area contributed by atoms with Crippen molar-refractivity contribution in [3.05, 3.63) is 45.7 Å². The van der Waals surface area contributed by atoms with E-state index in [1.807, 2.05) is 50.4 Å². The lowest BCUT2D eigenvalue weighted by Crippen LogP contribution is -2.10. The maximum absolute atomic E-state index is 12.3. The molecule has 1 unspecified atom stereocenters. The fraction of sp³-hybridized carbons (Fsp3) is 0.316. The molecule has 1 aromatic heterocycles. The molecule has 0 aliphatic carbocycles. The minimum absolute atomic E-state index is 0.155. The van der Waals surface area contributed by atoms with Gasteiger partial charge in [0.2, 0.25) is 5.91 Å². The first kappa shape index (κ1) is 16.6. The quantitative estimate of drug-likeness (QED) is 0.817. The fourth-order valence-electron chi connectivity index (χ4n) is 2.69. The number of hydrogen-bond donors (Lipinski definition) is 1. The Morgan fingerprint density at radius 1 is 1.50 bits per heavy atom. The van der Waals surface area contributed by atoms with Crippen LogP contribution in [-0.4, -0.2) is 18.6 Å². The van der Waals surface area contributed by atoms with Crippen LogP contribution in [0.2, 0.25) is 0 Å². The van der Waals surface area contributed by atoms with Gasteiger partial charge in [0.05, 0.1) is 12.3 Å². The number of carbonyl (C=O) groups excluding carboxylic acids is 1.